The molecule has 1 fully saturated rings. The van der Waals surface area contributed by atoms with Gasteiger partial charge in [-0.3, -0.25) is 4.74 Å². The van der Waals surface area contributed by atoms with Crippen molar-refractivity contribution >= 4 is 11.6 Å². The van der Waals surface area contributed by atoms with E-state index in [0.29, 0.717) is 0 Å². The van der Waals surface area contributed by atoms with Crippen LogP contribution in [0, 0.1) is 0 Å². The van der Waals surface area contributed by atoms with E-state index in [0.717, 1.165) is 0 Å². The lowest BCUT2D eigenvalue weighted by Crippen LogP contribution is -2.89. The number of alkyl halides is 12. The molecule has 13 heteroatoms. The number of ether oxygens (including phenoxy) is 1. The first-order valence-corrected chi connectivity index (χ1v) is 4.30. The van der Waals surface area contributed by atoms with Gasteiger partial charge in [-0.25, -0.2) is 0 Å². The molecule has 0 aliphatic carbocycles. The molecule has 0 N–H and O–H groups in total. The molecule has 0 unspecified atom stereocenters. The third kappa shape index (κ3) is 1.64. The predicted molar refractivity (Wildman–Crippen MR) is 35.5 cm³/mol. The highest BCUT2D eigenvalue weighted by atomic mass is 35.5. The maximum absolute atomic E-state index is 12.6. The van der Waals surface area contributed by atoms with E-state index in [1.807, 2.05) is 0 Å². The van der Waals surface area contributed by atoms with Crippen LogP contribution in [-0.2, 0) is 4.74 Å². The van der Waals surface area contributed by atoms with Crippen molar-refractivity contribution in [3.8, 4) is 0 Å². The molecule has 0 saturated carbocycles. The van der Waals surface area contributed by atoms with Crippen LogP contribution >= 0.6 is 11.6 Å². The van der Waals surface area contributed by atoms with Crippen molar-refractivity contribution in [2.24, 2.45) is 0 Å². The van der Waals surface area contributed by atoms with Gasteiger partial charge in [0.25, 0.3) is 4.87 Å². The summed E-state index contributed by atoms with van der Waals surface area (Å²) >= 11 is 4.03. The van der Waals surface area contributed by atoms with Crippen molar-refractivity contribution in [2.75, 3.05) is 0 Å². The van der Waals surface area contributed by atoms with E-state index in [1.54, 1.807) is 0 Å². The van der Waals surface area contributed by atoms with E-state index in [2.05, 4.69) is 16.3 Å². The summed E-state index contributed by atoms with van der Waals surface area (Å²) in [6.07, 6.45) is -26.3. The zero-order valence-corrected chi connectivity index (χ0v) is 8.70. The van der Waals surface area contributed by atoms with Crippen LogP contribution < -0.4 is 0 Å². The molecule has 114 valence electrons. The average molecular weight is 332 g/mol. The summed E-state index contributed by atoms with van der Waals surface area (Å²) in [6, 6.07) is 0. The van der Waals surface area contributed by atoms with Gasteiger partial charge in [-0.05, 0) is 0 Å². The molecule has 0 amide bonds. The van der Waals surface area contributed by atoms with Gasteiger partial charge >= 0.3 is 30.2 Å². The quantitative estimate of drug-likeness (QED) is 0.481. The second-order valence-corrected chi connectivity index (χ2v) is 4.02. The summed E-state index contributed by atoms with van der Waals surface area (Å²) in [6.45, 7) is 0. The Hall–Kier alpha value is -0.520. The highest BCUT2D eigenvalue weighted by Gasteiger charge is 3.02. The first kappa shape index (κ1) is 16.5. The first-order valence-electron chi connectivity index (χ1n) is 3.93. The normalized spacial score (nSPS) is 30.9. The summed E-state index contributed by atoms with van der Waals surface area (Å²) in [5.41, 5.74) is -6.24. The van der Waals surface area contributed by atoms with Crippen LogP contribution in [0.1, 0.15) is 0 Å². The van der Waals surface area contributed by atoms with Crippen LogP contribution in [0.25, 0.3) is 0 Å². The van der Waals surface area contributed by atoms with Gasteiger partial charge in [0.1, 0.15) is 0 Å². The van der Waals surface area contributed by atoms with E-state index < -0.39 is 35.1 Å². The van der Waals surface area contributed by atoms with Gasteiger partial charge in [-0.2, -0.15) is 48.3 Å². The van der Waals surface area contributed by atoms with E-state index in [4.69, 9.17) is 0 Å². The van der Waals surface area contributed by atoms with Gasteiger partial charge in [0.05, 0.1) is 0 Å². The Kier molecular flexibility index (Phi) is 3.10. The second kappa shape index (κ2) is 3.57. The Morgan fingerprint density at radius 2 is 1.00 bits per heavy atom. The molecule has 19 heavy (non-hydrogen) atoms. The number of rotatable bonds is 0. The Labute approximate surface area is 101 Å². The van der Waals surface area contributed by atoms with E-state index in [9.17, 15) is 48.3 Å². The summed E-state index contributed by atoms with van der Waals surface area (Å²) in [4.78, 5) is -6.00. The predicted octanol–water partition coefficient (Wildman–Crippen LogP) is 4.01. The molecule has 1 aliphatic heterocycles. The Balaban J connectivity index is 3.63. The van der Waals surface area contributed by atoms with Gasteiger partial charge in [-0.1, -0.05) is 11.6 Å². The minimum absolute atomic E-state index is 2.25. The number of hydrogen-bond acceptors (Lipinski definition) is 1. The molecule has 0 aromatic heterocycles. The Morgan fingerprint density at radius 3 is 1.11 bits per heavy atom. The van der Waals surface area contributed by atoms with Crippen LogP contribution in [0.2, 0.25) is 0 Å². The second-order valence-electron chi connectivity index (χ2n) is 3.45. The first-order chi connectivity index (χ1) is 7.96. The molecule has 1 rings (SSSR count). The van der Waals surface area contributed by atoms with Gasteiger partial charge < -0.3 is 0 Å². The lowest BCUT2D eigenvalue weighted by Gasteiger charge is -2.58. The number of hydrogen-bond donors (Lipinski definition) is 0. The van der Waals surface area contributed by atoms with Gasteiger partial charge in [-0.15, -0.1) is 0 Å². The molecule has 1 atom stereocenters. The Bertz CT molecular complexity index is 352. The molecular weight excluding hydrogens is 332 g/mol. The third-order valence-corrected chi connectivity index (χ3v) is 3.06. The Morgan fingerprint density at radius 1 is 0.684 bits per heavy atom. The topological polar surface area (TPSA) is 9.23 Å². The van der Waals surface area contributed by atoms with Crippen molar-refractivity contribution in [1.82, 2.24) is 0 Å². The fraction of sp³-hybridized carbons (Fsp3) is 1.00. The standard InChI is InChI=1S/C6ClF11O/c7-1(3(8,9)10)2(4(11,12)13,5(14,15)16)19-6(1,17)18/t1-/m0/s1. The largest absolute Gasteiger partial charge is 0.429 e. The fourth-order valence-corrected chi connectivity index (χ4v) is 1.81. The molecule has 0 spiro atoms. The van der Waals surface area contributed by atoms with Crippen LogP contribution in [0.5, 0.6) is 0 Å². The van der Waals surface area contributed by atoms with Crippen molar-refractivity contribution in [1.29, 1.82) is 0 Å². The van der Waals surface area contributed by atoms with Crippen molar-refractivity contribution in [3.05, 3.63) is 0 Å². The van der Waals surface area contributed by atoms with Gasteiger partial charge in [0.15, 0.2) is 0 Å². The third-order valence-electron chi connectivity index (χ3n) is 2.36. The van der Waals surface area contributed by atoms with E-state index in [-0.39, 0.29) is 0 Å². The van der Waals surface area contributed by atoms with Gasteiger partial charge in [0.2, 0.25) is 0 Å². The fourth-order valence-electron chi connectivity index (χ4n) is 1.52. The van der Waals surface area contributed by atoms with Gasteiger partial charge in [0, 0.05) is 0 Å². The van der Waals surface area contributed by atoms with Crippen molar-refractivity contribution < 1.29 is 53.0 Å². The lowest BCUT2D eigenvalue weighted by atomic mass is 9.77. The smallest absolute Gasteiger partial charge is 0.291 e. The molecule has 0 aromatic carbocycles. The van der Waals surface area contributed by atoms with Crippen LogP contribution in [0.15, 0.2) is 0 Å². The van der Waals surface area contributed by atoms with Crippen LogP contribution in [0.4, 0.5) is 48.3 Å². The monoisotopic (exact) mass is 332 g/mol. The maximum Gasteiger partial charge on any atom is 0.429 e. The molecule has 0 radical (unpaired) electrons. The minimum Gasteiger partial charge on any atom is -0.291 e. The average Bonchev–Trinajstić information content (AvgIpc) is 2.06. The number of halogens is 12. The zero-order chi connectivity index (χ0) is 15.7. The summed E-state index contributed by atoms with van der Waals surface area (Å²) in [5, 5.41) is 0. The highest BCUT2D eigenvalue weighted by molar-refractivity contribution is 6.27. The SMILES string of the molecule is FC(F)(F)C1(C(F)(F)F)OC(F)(F)[C@@]1(Cl)C(F)(F)F. The molecule has 1 nitrogen and oxygen atoms in total. The van der Waals surface area contributed by atoms with E-state index >= 15 is 0 Å². The summed E-state index contributed by atoms with van der Waals surface area (Å²) < 4.78 is 138. The summed E-state index contributed by atoms with van der Waals surface area (Å²) in [7, 11) is 0. The molecular formula is C6ClF11O. The van der Waals surface area contributed by atoms with Crippen LogP contribution in [0.3, 0.4) is 0 Å². The maximum atomic E-state index is 12.6. The highest BCUT2D eigenvalue weighted by Crippen LogP contribution is 2.72. The summed E-state index contributed by atoms with van der Waals surface area (Å²) in [5.74, 6) is 0. The molecule has 0 bridgehead atoms. The van der Waals surface area contributed by atoms with E-state index in [1.165, 1.54) is 0 Å². The minimum atomic E-state index is -6.86. The molecule has 1 saturated heterocycles. The van der Waals surface area contributed by atoms with Crippen molar-refractivity contribution in [2.45, 2.75) is 35.1 Å². The molecule has 1 aliphatic rings. The van der Waals surface area contributed by atoms with Crippen LogP contribution in [-0.4, -0.2) is 35.1 Å². The molecule has 1 heterocycles. The van der Waals surface area contributed by atoms with Crippen molar-refractivity contribution in [3.63, 3.8) is 0 Å². The zero-order valence-electron chi connectivity index (χ0n) is 7.94. The molecule has 0 aromatic rings. The lowest BCUT2D eigenvalue weighted by molar-refractivity contribution is -0.561.